The molecule has 2 aliphatic carbocycles. The zero-order valence-electron chi connectivity index (χ0n) is 17.1. The van der Waals surface area contributed by atoms with Crippen molar-refractivity contribution in [2.24, 2.45) is 17.8 Å². The Kier molecular flexibility index (Phi) is 4.73. The van der Waals surface area contributed by atoms with E-state index in [0.717, 1.165) is 49.9 Å². The predicted molar refractivity (Wildman–Crippen MR) is 108 cm³/mol. The van der Waals surface area contributed by atoms with E-state index in [9.17, 15) is 9.59 Å². The minimum atomic E-state index is 0.302. The van der Waals surface area contributed by atoms with Crippen LogP contribution in [0.3, 0.4) is 0 Å². The number of likely N-dealkylation sites (tertiary alicyclic amines) is 1. The summed E-state index contributed by atoms with van der Waals surface area (Å²) in [4.78, 5) is 27.3. The fourth-order valence-electron chi connectivity index (χ4n) is 5.29. The van der Waals surface area contributed by atoms with E-state index >= 15 is 0 Å². The van der Waals surface area contributed by atoms with Crippen molar-refractivity contribution in [1.29, 1.82) is 0 Å². The van der Waals surface area contributed by atoms with Gasteiger partial charge in [-0.2, -0.15) is 0 Å². The van der Waals surface area contributed by atoms with Crippen LogP contribution in [-0.2, 0) is 9.59 Å². The minimum Gasteiger partial charge on any atom is -0.342 e. The van der Waals surface area contributed by atoms with E-state index in [1.165, 1.54) is 22.3 Å². The topological polar surface area (TPSA) is 37.4 Å². The van der Waals surface area contributed by atoms with Gasteiger partial charge in [0.25, 0.3) is 0 Å². The van der Waals surface area contributed by atoms with Crippen LogP contribution in [0.4, 0.5) is 0 Å². The summed E-state index contributed by atoms with van der Waals surface area (Å²) in [6, 6.07) is 4.36. The highest BCUT2D eigenvalue weighted by atomic mass is 16.2. The lowest BCUT2D eigenvalue weighted by molar-refractivity contribution is -0.131. The van der Waals surface area contributed by atoms with Crippen molar-refractivity contribution in [2.75, 3.05) is 13.1 Å². The second-order valence-corrected chi connectivity index (χ2v) is 9.10. The maximum Gasteiger partial charge on any atom is 0.225 e. The molecule has 1 amide bonds. The first-order valence-corrected chi connectivity index (χ1v) is 10.5. The molecule has 27 heavy (non-hydrogen) atoms. The first-order chi connectivity index (χ1) is 12.8. The van der Waals surface area contributed by atoms with Gasteiger partial charge in [-0.25, -0.2) is 0 Å². The molecule has 0 bridgehead atoms. The zero-order chi connectivity index (χ0) is 19.3. The Bertz CT molecular complexity index is 808. The third kappa shape index (κ3) is 3.49. The van der Waals surface area contributed by atoms with Crippen LogP contribution in [0.15, 0.2) is 17.7 Å². The molecule has 0 aromatic heterocycles. The van der Waals surface area contributed by atoms with Gasteiger partial charge in [-0.15, -0.1) is 0 Å². The molecule has 3 heteroatoms. The lowest BCUT2D eigenvalue weighted by Gasteiger charge is -2.19. The monoisotopic (exact) mass is 365 g/mol. The summed E-state index contributed by atoms with van der Waals surface area (Å²) in [7, 11) is 0. The summed E-state index contributed by atoms with van der Waals surface area (Å²) in [5, 5.41) is 0. The highest BCUT2D eigenvalue weighted by Gasteiger charge is 2.39. The van der Waals surface area contributed by atoms with E-state index in [4.69, 9.17) is 0 Å². The van der Waals surface area contributed by atoms with Crippen molar-refractivity contribution < 1.29 is 9.59 Å². The van der Waals surface area contributed by atoms with Gasteiger partial charge in [-0.1, -0.05) is 23.3 Å². The van der Waals surface area contributed by atoms with Crippen LogP contribution in [-0.4, -0.2) is 29.7 Å². The van der Waals surface area contributed by atoms with Crippen LogP contribution in [0, 0.1) is 38.5 Å². The third-order valence-electron chi connectivity index (χ3n) is 6.79. The van der Waals surface area contributed by atoms with Gasteiger partial charge in [-0.05, 0) is 81.9 Å². The van der Waals surface area contributed by atoms with Crippen molar-refractivity contribution in [3.05, 3.63) is 40.0 Å². The first-order valence-electron chi connectivity index (χ1n) is 10.5. The molecule has 0 spiro atoms. The molecule has 1 aliphatic heterocycles. The Labute approximate surface area is 162 Å². The summed E-state index contributed by atoms with van der Waals surface area (Å²) >= 11 is 0. The van der Waals surface area contributed by atoms with Crippen molar-refractivity contribution in [2.45, 2.75) is 59.8 Å². The van der Waals surface area contributed by atoms with Gasteiger partial charge in [0.2, 0.25) is 5.91 Å². The molecule has 4 rings (SSSR count). The number of carbonyl (C=O) groups excluding carboxylic acids is 2. The number of carbonyl (C=O) groups is 2. The SMILES string of the molecule is CC1=C(c2c(C)cc(C)cc2C)C(=O)CC1CC1CCN(C(=O)C2CC2)C1. The molecular formula is C24H31NO2. The van der Waals surface area contributed by atoms with Crippen LogP contribution in [0.5, 0.6) is 0 Å². The molecule has 0 radical (unpaired) electrons. The van der Waals surface area contributed by atoms with Gasteiger partial charge in [-0.3, -0.25) is 9.59 Å². The van der Waals surface area contributed by atoms with Gasteiger partial charge in [0.1, 0.15) is 0 Å². The summed E-state index contributed by atoms with van der Waals surface area (Å²) in [6.07, 6.45) is 4.93. The van der Waals surface area contributed by atoms with Gasteiger partial charge < -0.3 is 4.90 Å². The Morgan fingerprint density at radius 1 is 1.07 bits per heavy atom. The number of benzene rings is 1. The quantitative estimate of drug-likeness (QED) is 0.780. The van der Waals surface area contributed by atoms with Gasteiger partial charge >= 0.3 is 0 Å². The lowest BCUT2D eigenvalue weighted by atomic mass is 9.88. The number of hydrogen-bond acceptors (Lipinski definition) is 2. The fraction of sp³-hybridized carbons (Fsp3) is 0.583. The lowest BCUT2D eigenvalue weighted by Crippen LogP contribution is -2.30. The van der Waals surface area contributed by atoms with E-state index in [1.807, 2.05) is 0 Å². The second kappa shape index (κ2) is 6.92. The molecule has 2 fully saturated rings. The van der Waals surface area contributed by atoms with Gasteiger partial charge in [0, 0.05) is 31.0 Å². The number of rotatable bonds is 4. The Morgan fingerprint density at radius 2 is 1.74 bits per heavy atom. The number of nitrogens with zero attached hydrogens (tertiary/aromatic N) is 1. The normalized spacial score (nSPS) is 25.6. The highest BCUT2D eigenvalue weighted by molar-refractivity contribution is 6.24. The van der Waals surface area contributed by atoms with Crippen LogP contribution >= 0.6 is 0 Å². The Balaban J connectivity index is 1.51. The molecule has 1 aromatic carbocycles. The van der Waals surface area contributed by atoms with Crippen LogP contribution in [0.25, 0.3) is 5.57 Å². The van der Waals surface area contributed by atoms with Gasteiger partial charge in [0.05, 0.1) is 0 Å². The summed E-state index contributed by atoms with van der Waals surface area (Å²) in [5.74, 6) is 1.88. The standard InChI is InChI=1S/C24H31NO2/c1-14-9-15(2)22(16(3)10-14)23-17(4)20(12-21(23)26)11-18-7-8-25(13-18)24(27)19-5-6-19/h9-10,18-20H,5-8,11-13H2,1-4H3. The molecule has 3 aliphatic rings. The molecule has 2 atom stereocenters. The zero-order valence-corrected chi connectivity index (χ0v) is 17.1. The number of hydrogen-bond donors (Lipinski definition) is 0. The molecule has 0 N–H and O–H groups in total. The maximum absolute atomic E-state index is 12.9. The Morgan fingerprint density at radius 3 is 2.37 bits per heavy atom. The van der Waals surface area contributed by atoms with Crippen molar-refractivity contribution in [3.63, 3.8) is 0 Å². The van der Waals surface area contributed by atoms with Crippen molar-refractivity contribution in [3.8, 4) is 0 Å². The maximum atomic E-state index is 12.9. The van der Waals surface area contributed by atoms with E-state index in [0.29, 0.717) is 35.9 Å². The molecule has 1 saturated carbocycles. The highest BCUT2D eigenvalue weighted by Crippen LogP contribution is 2.42. The largest absolute Gasteiger partial charge is 0.342 e. The average Bonchev–Trinajstić information content (AvgIpc) is 3.29. The summed E-state index contributed by atoms with van der Waals surface area (Å²) < 4.78 is 0. The third-order valence-corrected chi connectivity index (χ3v) is 6.79. The van der Waals surface area contributed by atoms with E-state index in [-0.39, 0.29) is 0 Å². The van der Waals surface area contributed by atoms with E-state index < -0.39 is 0 Å². The average molecular weight is 366 g/mol. The fourth-order valence-corrected chi connectivity index (χ4v) is 5.29. The van der Waals surface area contributed by atoms with E-state index in [2.05, 4.69) is 44.7 Å². The first kappa shape index (κ1) is 18.5. The van der Waals surface area contributed by atoms with Crippen molar-refractivity contribution >= 4 is 17.3 Å². The molecule has 1 saturated heterocycles. The van der Waals surface area contributed by atoms with Crippen molar-refractivity contribution in [1.82, 2.24) is 4.90 Å². The van der Waals surface area contributed by atoms with Gasteiger partial charge in [0.15, 0.2) is 5.78 Å². The number of allylic oxidation sites excluding steroid dienone is 2. The molecule has 1 heterocycles. The number of Topliss-reactive ketones (excluding diaryl/α,β-unsaturated/α-hetero) is 1. The number of aryl methyl sites for hydroxylation is 3. The second-order valence-electron chi connectivity index (χ2n) is 9.10. The minimum absolute atomic E-state index is 0.302. The molecule has 1 aromatic rings. The van der Waals surface area contributed by atoms with Crippen LogP contribution in [0.1, 0.15) is 61.3 Å². The van der Waals surface area contributed by atoms with Crippen LogP contribution in [0.2, 0.25) is 0 Å². The number of amides is 1. The predicted octanol–water partition coefficient (Wildman–Crippen LogP) is 4.62. The molecule has 2 unspecified atom stereocenters. The van der Waals surface area contributed by atoms with E-state index in [1.54, 1.807) is 0 Å². The molecule has 144 valence electrons. The smallest absolute Gasteiger partial charge is 0.225 e. The van der Waals surface area contributed by atoms with Crippen LogP contribution < -0.4 is 0 Å². The summed E-state index contributed by atoms with van der Waals surface area (Å²) in [5.41, 5.74) is 7.06. The molecular weight excluding hydrogens is 334 g/mol. The number of ketones is 1. The molecule has 3 nitrogen and oxygen atoms in total. The Hall–Kier alpha value is -1.90. The summed E-state index contributed by atoms with van der Waals surface area (Å²) in [6.45, 7) is 10.3.